The highest BCUT2D eigenvalue weighted by Crippen LogP contribution is 2.33. The minimum atomic E-state index is -0.0962. The van der Waals surface area contributed by atoms with Crippen molar-refractivity contribution in [3.63, 3.8) is 0 Å². The molecule has 0 fully saturated rings. The molecule has 1 rings (SSSR count). The second-order valence-corrected chi connectivity index (χ2v) is 4.62. The number of amides is 1. The number of methoxy groups -OCH3 is 1. The number of ether oxygens (including phenoxy) is 1. The van der Waals surface area contributed by atoms with Crippen molar-refractivity contribution in [3.05, 3.63) is 45.1 Å². The van der Waals surface area contributed by atoms with E-state index in [0.29, 0.717) is 0 Å². The Morgan fingerprint density at radius 3 is 2.38 bits per heavy atom. The van der Waals surface area contributed by atoms with Gasteiger partial charge in [-0.3, -0.25) is 4.79 Å². The van der Waals surface area contributed by atoms with Gasteiger partial charge in [0, 0.05) is 25.7 Å². The second kappa shape index (κ2) is 9.27. The standard InChI is InChI=1S/C17H24N2O2/c1-5-7-11-19(12-8-6-2)16-13-15(18-14(3)20)9-10-17(16)21-4/h9-13H,1-2,5-8H2,3-4H3,(H,18,20). The zero-order valence-electron chi connectivity index (χ0n) is 12.9. The fourth-order valence-electron chi connectivity index (χ4n) is 1.90. The van der Waals surface area contributed by atoms with Crippen molar-refractivity contribution < 1.29 is 9.53 Å². The molecule has 1 N–H and O–H groups in total. The Morgan fingerprint density at radius 2 is 1.90 bits per heavy atom. The average molecular weight is 288 g/mol. The SMILES string of the molecule is [CH2]CC[CH]N([CH]CC[CH2])c1cc(NC(C)=O)ccc1OC. The molecule has 1 aromatic rings. The van der Waals surface area contributed by atoms with E-state index in [0.717, 1.165) is 42.8 Å². The lowest BCUT2D eigenvalue weighted by Crippen LogP contribution is -2.18. The highest BCUT2D eigenvalue weighted by molar-refractivity contribution is 5.89. The van der Waals surface area contributed by atoms with Gasteiger partial charge in [0.05, 0.1) is 12.8 Å². The molecule has 114 valence electrons. The summed E-state index contributed by atoms with van der Waals surface area (Å²) in [5, 5.41) is 2.79. The van der Waals surface area contributed by atoms with Crippen molar-refractivity contribution in [3.8, 4) is 5.75 Å². The van der Waals surface area contributed by atoms with Crippen molar-refractivity contribution >= 4 is 17.3 Å². The van der Waals surface area contributed by atoms with E-state index in [1.54, 1.807) is 7.11 Å². The van der Waals surface area contributed by atoms with Gasteiger partial charge in [-0.05, 0) is 31.0 Å². The predicted molar refractivity (Wildman–Crippen MR) is 87.6 cm³/mol. The molecule has 4 heteroatoms. The quantitative estimate of drug-likeness (QED) is 0.746. The van der Waals surface area contributed by atoms with E-state index in [1.807, 2.05) is 23.1 Å². The highest BCUT2D eigenvalue weighted by atomic mass is 16.5. The van der Waals surface area contributed by atoms with Gasteiger partial charge < -0.3 is 15.0 Å². The highest BCUT2D eigenvalue weighted by Gasteiger charge is 2.13. The van der Waals surface area contributed by atoms with E-state index in [-0.39, 0.29) is 5.91 Å². The number of hydrogen-bond acceptors (Lipinski definition) is 3. The summed E-state index contributed by atoms with van der Waals surface area (Å²) in [6.07, 6.45) is 3.37. The number of benzene rings is 1. The Morgan fingerprint density at radius 1 is 1.29 bits per heavy atom. The maximum absolute atomic E-state index is 11.2. The summed E-state index contributed by atoms with van der Waals surface area (Å²) < 4.78 is 5.42. The lowest BCUT2D eigenvalue weighted by Gasteiger charge is -2.26. The third-order valence-electron chi connectivity index (χ3n) is 2.84. The molecular formula is C17H24N2O2. The Labute approximate surface area is 128 Å². The molecule has 0 atom stereocenters. The van der Waals surface area contributed by atoms with Gasteiger partial charge >= 0.3 is 0 Å². The van der Waals surface area contributed by atoms with Crippen molar-refractivity contribution in [1.82, 2.24) is 0 Å². The molecule has 0 saturated heterocycles. The first-order valence-corrected chi connectivity index (χ1v) is 7.11. The normalized spacial score (nSPS) is 10.3. The fourth-order valence-corrected chi connectivity index (χ4v) is 1.90. The Hall–Kier alpha value is -1.71. The summed E-state index contributed by atoms with van der Waals surface area (Å²) in [6.45, 7) is 13.3. The lowest BCUT2D eigenvalue weighted by atomic mass is 10.2. The second-order valence-electron chi connectivity index (χ2n) is 4.62. The first-order valence-electron chi connectivity index (χ1n) is 7.11. The van der Waals surface area contributed by atoms with Crippen LogP contribution in [-0.4, -0.2) is 13.0 Å². The van der Waals surface area contributed by atoms with Crippen LogP contribution < -0.4 is 15.0 Å². The average Bonchev–Trinajstić information content (AvgIpc) is 2.47. The topological polar surface area (TPSA) is 41.6 Å². The monoisotopic (exact) mass is 288 g/mol. The van der Waals surface area contributed by atoms with E-state index in [4.69, 9.17) is 4.74 Å². The smallest absolute Gasteiger partial charge is 0.221 e. The largest absolute Gasteiger partial charge is 0.495 e. The maximum Gasteiger partial charge on any atom is 0.221 e. The molecule has 1 aromatic carbocycles. The van der Waals surface area contributed by atoms with Gasteiger partial charge in [-0.25, -0.2) is 0 Å². The molecule has 21 heavy (non-hydrogen) atoms. The summed E-state index contributed by atoms with van der Waals surface area (Å²) in [6, 6.07) is 5.58. The molecule has 0 spiro atoms. The molecule has 0 aliphatic heterocycles. The first kappa shape index (κ1) is 17.3. The van der Waals surface area contributed by atoms with Crippen molar-refractivity contribution in [2.45, 2.75) is 32.6 Å². The van der Waals surface area contributed by atoms with E-state index >= 15 is 0 Å². The van der Waals surface area contributed by atoms with Crippen LogP contribution in [0.1, 0.15) is 32.6 Å². The van der Waals surface area contributed by atoms with E-state index in [1.165, 1.54) is 6.92 Å². The molecule has 0 aliphatic rings. The van der Waals surface area contributed by atoms with Crippen LogP contribution in [0.3, 0.4) is 0 Å². The fraction of sp³-hybridized carbons (Fsp3) is 0.353. The van der Waals surface area contributed by atoms with Gasteiger partial charge in [0.15, 0.2) is 0 Å². The molecule has 0 saturated carbocycles. The van der Waals surface area contributed by atoms with Gasteiger partial charge in [0.2, 0.25) is 5.91 Å². The number of anilines is 2. The molecule has 0 aromatic heterocycles. The van der Waals surface area contributed by atoms with Gasteiger partial charge in [-0.2, -0.15) is 0 Å². The predicted octanol–water partition coefficient (Wildman–Crippen LogP) is 4.01. The minimum Gasteiger partial charge on any atom is -0.495 e. The Bertz CT molecular complexity index is 438. The molecule has 1 amide bonds. The van der Waals surface area contributed by atoms with Crippen LogP contribution in [0.15, 0.2) is 18.2 Å². The summed E-state index contributed by atoms with van der Waals surface area (Å²) >= 11 is 0. The summed E-state index contributed by atoms with van der Waals surface area (Å²) in [4.78, 5) is 13.2. The number of carbonyl (C=O) groups is 1. The molecule has 4 radical (unpaired) electrons. The van der Waals surface area contributed by atoms with Crippen LogP contribution in [0, 0.1) is 26.9 Å². The van der Waals surface area contributed by atoms with Crippen molar-refractivity contribution in [2.24, 2.45) is 0 Å². The van der Waals surface area contributed by atoms with Crippen LogP contribution in [0.25, 0.3) is 0 Å². The van der Waals surface area contributed by atoms with E-state index < -0.39 is 0 Å². The number of rotatable bonds is 9. The zero-order valence-corrected chi connectivity index (χ0v) is 12.9. The van der Waals surface area contributed by atoms with Crippen molar-refractivity contribution in [1.29, 1.82) is 0 Å². The Kier molecular flexibility index (Phi) is 7.65. The van der Waals surface area contributed by atoms with Crippen LogP contribution in [0.5, 0.6) is 5.75 Å². The molecule has 4 nitrogen and oxygen atoms in total. The number of hydrogen-bond donors (Lipinski definition) is 1. The third-order valence-corrected chi connectivity index (χ3v) is 2.84. The van der Waals surface area contributed by atoms with Gasteiger partial charge in [0.1, 0.15) is 5.75 Å². The number of unbranched alkanes of at least 4 members (excludes halogenated alkanes) is 2. The molecule has 0 unspecified atom stereocenters. The number of nitrogens with zero attached hydrogens (tertiary/aromatic N) is 1. The van der Waals surface area contributed by atoms with Gasteiger partial charge in [-0.15, -0.1) is 0 Å². The van der Waals surface area contributed by atoms with Gasteiger partial charge in [0.25, 0.3) is 0 Å². The molecule has 0 heterocycles. The molecule has 0 aliphatic carbocycles. The summed E-state index contributed by atoms with van der Waals surface area (Å²) in [5.41, 5.74) is 1.64. The molecule has 0 bridgehead atoms. The molecular weight excluding hydrogens is 264 g/mol. The minimum absolute atomic E-state index is 0.0962. The number of carbonyl (C=O) groups excluding carboxylic acids is 1. The van der Waals surface area contributed by atoms with Crippen LogP contribution in [-0.2, 0) is 4.79 Å². The number of nitrogens with one attached hydrogen (secondary N) is 1. The Balaban J connectivity index is 3.02. The van der Waals surface area contributed by atoms with Crippen molar-refractivity contribution in [2.75, 3.05) is 17.3 Å². The van der Waals surface area contributed by atoms with Gasteiger partial charge in [-0.1, -0.05) is 26.7 Å². The lowest BCUT2D eigenvalue weighted by molar-refractivity contribution is -0.114. The van der Waals surface area contributed by atoms with Crippen LogP contribution in [0.4, 0.5) is 11.4 Å². The van der Waals surface area contributed by atoms with E-state index in [2.05, 4.69) is 32.3 Å². The first-order chi connectivity index (χ1) is 10.1. The third kappa shape index (κ3) is 5.66. The van der Waals surface area contributed by atoms with Crippen LogP contribution in [0.2, 0.25) is 0 Å². The summed E-state index contributed by atoms with van der Waals surface area (Å²) in [5.74, 6) is 0.658. The summed E-state index contributed by atoms with van der Waals surface area (Å²) in [7, 11) is 1.64. The van der Waals surface area contributed by atoms with E-state index in [9.17, 15) is 4.79 Å². The zero-order chi connectivity index (χ0) is 15.7. The van der Waals surface area contributed by atoms with Crippen LogP contribution >= 0.6 is 0 Å². The maximum atomic E-state index is 11.2.